The van der Waals surface area contributed by atoms with Crippen molar-refractivity contribution in [1.29, 1.82) is 0 Å². The number of hydrogen-bond donors (Lipinski definition) is 0. The summed E-state index contributed by atoms with van der Waals surface area (Å²) in [6, 6.07) is 9.75. The van der Waals surface area contributed by atoms with E-state index in [0.29, 0.717) is 16.2 Å². The van der Waals surface area contributed by atoms with Gasteiger partial charge >= 0.3 is 0 Å². The van der Waals surface area contributed by atoms with Crippen molar-refractivity contribution in [3.63, 3.8) is 0 Å². The number of pyridine rings is 1. The van der Waals surface area contributed by atoms with Crippen molar-refractivity contribution < 1.29 is 9.66 Å². The molecule has 0 atom stereocenters. The highest BCUT2D eigenvalue weighted by atomic mass is 79.9. The van der Waals surface area contributed by atoms with Gasteiger partial charge in [-0.3, -0.25) is 10.1 Å². The number of ether oxygens (including phenoxy) is 1. The number of benzene rings is 1. The van der Waals surface area contributed by atoms with Crippen LogP contribution in [0.15, 0.2) is 45.5 Å². The third-order valence-electron chi connectivity index (χ3n) is 2.04. The first kappa shape index (κ1) is 13.0. The lowest BCUT2D eigenvalue weighted by atomic mass is 10.3. The van der Waals surface area contributed by atoms with Gasteiger partial charge in [-0.05, 0) is 44.0 Å². The summed E-state index contributed by atoms with van der Waals surface area (Å²) in [4.78, 5) is 14.4. The summed E-state index contributed by atoms with van der Waals surface area (Å²) in [5, 5.41) is 10.8. The fourth-order valence-electron chi connectivity index (χ4n) is 1.28. The predicted molar refractivity (Wildman–Crippen MR) is 72.8 cm³/mol. The third-order valence-corrected chi connectivity index (χ3v) is 3.28. The molecule has 0 aliphatic heterocycles. The second-order valence-electron chi connectivity index (χ2n) is 3.25. The van der Waals surface area contributed by atoms with Gasteiger partial charge < -0.3 is 4.74 Å². The van der Waals surface area contributed by atoms with Gasteiger partial charge in [-0.2, -0.15) is 0 Å². The van der Waals surface area contributed by atoms with Crippen LogP contribution in [-0.2, 0) is 0 Å². The molecule has 0 aliphatic rings. The summed E-state index contributed by atoms with van der Waals surface area (Å²) in [6.45, 7) is 0. The summed E-state index contributed by atoms with van der Waals surface area (Å²) in [5.41, 5.74) is -0.0532. The molecule has 0 unspecified atom stereocenters. The van der Waals surface area contributed by atoms with E-state index in [1.807, 2.05) is 0 Å². The molecule has 0 saturated carbocycles. The van der Waals surface area contributed by atoms with Gasteiger partial charge in [0.05, 0.1) is 4.92 Å². The number of nitrogens with zero attached hydrogens (tertiary/aromatic N) is 2. The largest absolute Gasteiger partial charge is 0.438 e. The molecule has 2 aromatic rings. The van der Waals surface area contributed by atoms with Crippen LogP contribution < -0.4 is 4.74 Å². The van der Waals surface area contributed by atoms with Crippen molar-refractivity contribution >= 4 is 37.5 Å². The SMILES string of the molecule is O=[N+]([O-])c1cccc(Oc2cccc(Br)n2)c1Br. The van der Waals surface area contributed by atoms with E-state index in [1.165, 1.54) is 6.07 Å². The van der Waals surface area contributed by atoms with Crippen molar-refractivity contribution in [1.82, 2.24) is 4.98 Å². The molecule has 0 N–H and O–H groups in total. The lowest BCUT2D eigenvalue weighted by molar-refractivity contribution is -0.385. The van der Waals surface area contributed by atoms with Crippen LogP contribution in [0.3, 0.4) is 0 Å². The Labute approximate surface area is 119 Å². The molecule has 1 aromatic heterocycles. The highest BCUT2D eigenvalue weighted by Gasteiger charge is 2.16. The van der Waals surface area contributed by atoms with Crippen LogP contribution in [0.5, 0.6) is 11.6 Å². The van der Waals surface area contributed by atoms with Crippen molar-refractivity contribution in [3.05, 3.63) is 55.6 Å². The standard InChI is InChI=1S/C11H6Br2N2O3/c12-9-5-2-6-10(14-9)18-8-4-1-3-7(11(8)13)15(16)17/h1-6H. The van der Waals surface area contributed by atoms with Gasteiger partial charge in [0, 0.05) is 12.1 Å². The fourth-order valence-corrected chi connectivity index (χ4v) is 2.10. The van der Waals surface area contributed by atoms with Crippen molar-refractivity contribution in [3.8, 4) is 11.6 Å². The minimum absolute atomic E-state index is 0.0532. The lowest BCUT2D eigenvalue weighted by Crippen LogP contribution is -1.93. The molecule has 2 rings (SSSR count). The first-order valence-electron chi connectivity index (χ1n) is 4.81. The maximum atomic E-state index is 10.8. The molecule has 0 bridgehead atoms. The predicted octanol–water partition coefficient (Wildman–Crippen LogP) is 4.31. The topological polar surface area (TPSA) is 65.3 Å². The zero-order valence-corrected chi connectivity index (χ0v) is 12.0. The summed E-state index contributed by atoms with van der Waals surface area (Å²) < 4.78 is 6.40. The van der Waals surface area contributed by atoms with Crippen LogP contribution in [0.4, 0.5) is 5.69 Å². The van der Waals surface area contributed by atoms with Gasteiger partial charge in [-0.15, -0.1) is 0 Å². The normalized spacial score (nSPS) is 10.1. The Kier molecular flexibility index (Phi) is 3.93. The third kappa shape index (κ3) is 2.85. The molecular formula is C11H6Br2N2O3. The van der Waals surface area contributed by atoms with Crippen molar-refractivity contribution in [2.75, 3.05) is 0 Å². The summed E-state index contributed by atoms with van der Waals surface area (Å²) in [5.74, 6) is 0.695. The van der Waals surface area contributed by atoms with Gasteiger partial charge in [0.25, 0.3) is 5.69 Å². The second kappa shape index (κ2) is 5.45. The molecule has 92 valence electrons. The molecule has 1 aromatic carbocycles. The van der Waals surface area contributed by atoms with Gasteiger partial charge in [0.1, 0.15) is 9.08 Å². The second-order valence-corrected chi connectivity index (χ2v) is 4.85. The average Bonchev–Trinajstić information content (AvgIpc) is 2.31. The molecule has 1 heterocycles. The van der Waals surface area contributed by atoms with E-state index in [1.54, 1.807) is 30.3 Å². The summed E-state index contributed by atoms with van der Waals surface area (Å²) in [6.07, 6.45) is 0. The summed E-state index contributed by atoms with van der Waals surface area (Å²) >= 11 is 6.37. The van der Waals surface area contributed by atoms with E-state index in [2.05, 4.69) is 36.8 Å². The van der Waals surface area contributed by atoms with Crippen LogP contribution in [0.2, 0.25) is 0 Å². The number of nitro groups is 1. The molecule has 0 amide bonds. The van der Waals surface area contributed by atoms with Gasteiger partial charge in [-0.1, -0.05) is 12.1 Å². The smallest absolute Gasteiger partial charge is 0.287 e. The van der Waals surface area contributed by atoms with E-state index >= 15 is 0 Å². The van der Waals surface area contributed by atoms with Crippen LogP contribution >= 0.6 is 31.9 Å². The fraction of sp³-hybridized carbons (Fsp3) is 0. The highest BCUT2D eigenvalue weighted by molar-refractivity contribution is 9.10. The molecular weight excluding hydrogens is 368 g/mol. The van der Waals surface area contributed by atoms with E-state index in [4.69, 9.17) is 4.74 Å². The van der Waals surface area contributed by atoms with Crippen LogP contribution in [0.25, 0.3) is 0 Å². The molecule has 0 radical (unpaired) electrons. The minimum atomic E-state index is -0.481. The van der Waals surface area contributed by atoms with Crippen LogP contribution in [0.1, 0.15) is 0 Å². The molecule has 18 heavy (non-hydrogen) atoms. The Morgan fingerprint density at radius 1 is 1.17 bits per heavy atom. The first-order valence-corrected chi connectivity index (χ1v) is 6.40. The quantitative estimate of drug-likeness (QED) is 0.457. The molecule has 0 aliphatic carbocycles. The number of halogens is 2. The van der Waals surface area contributed by atoms with Gasteiger partial charge in [0.2, 0.25) is 5.88 Å². The van der Waals surface area contributed by atoms with Gasteiger partial charge in [0.15, 0.2) is 5.75 Å². The molecule has 0 fully saturated rings. The molecule has 0 saturated heterocycles. The average molecular weight is 374 g/mol. The van der Waals surface area contributed by atoms with Crippen molar-refractivity contribution in [2.45, 2.75) is 0 Å². The molecule has 7 heteroatoms. The molecule has 5 nitrogen and oxygen atoms in total. The lowest BCUT2D eigenvalue weighted by Gasteiger charge is -2.06. The molecule has 0 spiro atoms. The number of aromatic nitrogens is 1. The zero-order valence-electron chi connectivity index (χ0n) is 8.84. The van der Waals surface area contributed by atoms with Crippen LogP contribution in [-0.4, -0.2) is 9.91 Å². The summed E-state index contributed by atoms with van der Waals surface area (Å²) in [7, 11) is 0. The van der Waals surface area contributed by atoms with E-state index in [9.17, 15) is 10.1 Å². The van der Waals surface area contributed by atoms with E-state index in [0.717, 1.165) is 0 Å². The Bertz CT molecular complexity index is 605. The van der Waals surface area contributed by atoms with E-state index in [-0.39, 0.29) is 10.2 Å². The number of hydrogen-bond acceptors (Lipinski definition) is 4. The Morgan fingerprint density at radius 3 is 2.56 bits per heavy atom. The zero-order chi connectivity index (χ0) is 13.1. The maximum Gasteiger partial charge on any atom is 0.287 e. The minimum Gasteiger partial charge on any atom is -0.438 e. The van der Waals surface area contributed by atoms with E-state index < -0.39 is 4.92 Å². The number of nitro benzene ring substituents is 1. The number of rotatable bonds is 3. The van der Waals surface area contributed by atoms with Gasteiger partial charge in [-0.25, -0.2) is 4.98 Å². The Morgan fingerprint density at radius 2 is 1.89 bits per heavy atom. The maximum absolute atomic E-state index is 10.8. The Balaban J connectivity index is 2.35. The van der Waals surface area contributed by atoms with Crippen LogP contribution in [0, 0.1) is 10.1 Å². The Hall–Kier alpha value is -1.47. The highest BCUT2D eigenvalue weighted by Crippen LogP contribution is 2.36. The first-order chi connectivity index (χ1) is 8.58. The van der Waals surface area contributed by atoms with Crippen molar-refractivity contribution in [2.24, 2.45) is 0 Å². The monoisotopic (exact) mass is 372 g/mol.